The van der Waals surface area contributed by atoms with Crippen molar-refractivity contribution < 1.29 is 19.4 Å². The Morgan fingerprint density at radius 3 is 2.65 bits per heavy atom. The van der Waals surface area contributed by atoms with Gasteiger partial charge in [0.25, 0.3) is 5.91 Å². The first-order valence-corrected chi connectivity index (χ1v) is 7.40. The van der Waals surface area contributed by atoms with Crippen molar-refractivity contribution in [2.45, 2.75) is 6.42 Å². The Hall–Kier alpha value is -2.53. The monoisotopic (exact) mass is 333 g/mol. The number of carbonyl (C=O) groups is 2. The lowest BCUT2D eigenvalue weighted by Gasteiger charge is -2.07. The highest BCUT2D eigenvalue weighted by Gasteiger charge is 2.13. The van der Waals surface area contributed by atoms with Gasteiger partial charge in [0.2, 0.25) is 0 Å². The molecule has 0 fully saturated rings. The number of amides is 1. The Labute approximate surface area is 138 Å². The van der Waals surface area contributed by atoms with Crippen LogP contribution in [0.3, 0.4) is 0 Å². The number of nitrogens with one attached hydrogen (secondary N) is 1. The molecule has 0 aromatic heterocycles. The summed E-state index contributed by atoms with van der Waals surface area (Å²) >= 11 is 5.88. The number of halogens is 1. The zero-order valence-corrected chi connectivity index (χ0v) is 13.0. The zero-order valence-electron chi connectivity index (χ0n) is 12.3. The van der Waals surface area contributed by atoms with Crippen LogP contribution in [0.2, 0.25) is 5.02 Å². The van der Waals surface area contributed by atoms with E-state index in [1.165, 1.54) is 12.1 Å². The molecule has 0 bridgehead atoms. The van der Waals surface area contributed by atoms with Gasteiger partial charge in [0.1, 0.15) is 11.3 Å². The van der Waals surface area contributed by atoms with Crippen LogP contribution in [0.5, 0.6) is 5.75 Å². The number of para-hydroxylation sites is 1. The van der Waals surface area contributed by atoms with E-state index in [4.69, 9.17) is 16.3 Å². The number of phenolic OH excluding ortho intramolecular Hbond substituents is 1. The van der Waals surface area contributed by atoms with Gasteiger partial charge < -0.3 is 15.2 Å². The molecule has 2 N–H and O–H groups in total. The molecule has 2 aromatic rings. The minimum atomic E-state index is -0.743. The van der Waals surface area contributed by atoms with Crippen molar-refractivity contribution in [3.63, 3.8) is 0 Å². The molecule has 0 unspecified atom stereocenters. The minimum Gasteiger partial charge on any atom is -0.507 e. The van der Waals surface area contributed by atoms with E-state index in [1.54, 1.807) is 18.2 Å². The van der Waals surface area contributed by atoms with E-state index in [2.05, 4.69) is 5.32 Å². The number of rotatable bonds is 6. The molecule has 0 heterocycles. The van der Waals surface area contributed by atoms with Gasteiger partial charge in [0.05, 0.1) is 0 Å². The summed E-state index contributed by atoms with van der Waals surface area (Å²) in [5, 5.41) is 12.8. The van der Waals surface area contributed by atoms with Crippen LogP contribution in [0.4, 0.5) is 0 Å². The summed E-state index contributed by atoms with van der Waals surface area (Å²) in [5.41, 5.74) is 1.03. The van der Waals surface area contributed by atoms with Crippen LogP contribution >= 0.6 is 11.6 Å². The van der Waals surface area contributed by atoms with Gasteiger partial charge in [0, 0.05) is 11.6 Å². The number of hydrogen-bond donors (Lipinski definition) is 2. The second-order valence-electron chi connectivity index (χ2n) is 4.82. The molecule has 0 aliphatic heterocycles. The average molecular weight is 334 g/mol. The highest BCUT2D eigenvalue weighted by molar-refractivity contribution is 6.30. The van der Waals surface area contributed by atoms with Gasteiger partial charge in [-0.3, -0.25) is 4.79 Å². The van der Waals surface area contributed by atoms with E-state index in [1.807, 2.05) is 18.2 Å². The molecule has 0 radical (unpaired) electrons. The molecule has 0 atom stereocenters. The number of ether oxygens (including phenoxy) is 1. The molecular formula is C17H16ClNO4. The predicted molar refractivity (Wildman–Crippen MR) is 86.6 cm³/mol. The third kappa shape index (κ3) is 5.30. The van der Waals surface area contributed by atoms with Crippen LogP contribution in [0.1, 0.15) is 15.9 Å². The topological polar surface area (TPSA) is 75.6 Å². The number of carbonyl (C=O) groups excluding carboxylic acids is 2. The van der Waals surface area contributed by atoms with Crippen molar-refractivity contribution >= 4 is 23.5 Å². The molecule has 6 heteroatoms. The van der Waals surface area contributed by atoms with Gasteiger partial charge in [0.15, 0.2) is 6.61 Å². The van der Waals surface area contributed by atoms with Gasteiger partial charge in [-0.25, -0.2) is 4.79 Å². The maximum atomic E-state index is 11.7. The maximum Gasteiger partial charge on any atom is 0.342 e. The van der Waals surface area contributed by atoms with Gasteiger partial charge in [-0.2, -0.15) is 0 Å². The normalized spacial score (nSPS) is 10.1. The SMILES string of the molecule is O=C(COC(=O)c1ccccc1O)NCCc1cccc(Cl)c1. The van der Waals surface area contributed by atoms with Crippen molar-refractivity contribution in [3.05, 3.63) is 64.7 Å². The molecule has 1 amide bonds. The van der Waals surface area contributed by atoms with Crippen LogP contribution in [-0.4, -0.2) is 30.1 Å². The lowest BCUT2D eigenvalue weighted by Crippen LogP contribution is -2.30. The molecule has 0 saturated heterocycles. The smallest absolute Gasteiger partial charge is 0.342 e. The number of benzene rings is 2. The van der Waals surface area contributed by atoms with Crippen LogP contribution in [0.15, 0.2) is 48.5 Å². The molecule has 120 valence electrons. The first-order chi connectivity index (χ1) is 11.1. The van der Waals surface area contributed by atoms with E-state index in [0.717, 1.165) is 5.56 Å². The van der Waals surface area contributed by atoms with Crippen molar-refractivity contribution in [3.8, 4) is 5.75 Å². The summed E-state index contributed by atoms with van der Waals surface area (Å²) < 4.78 is 4.86. The largest absolute Gasteiger partial charge is 0.507 e. The summed E-state index contributed by atoms with van der Waals surface area (Å²) in [7, 11) is 0. The standard InChI is InChI=1S/C17H16ClNO4/c18-13-5-3-4-12(10-13)8-9-19-16(21)11-23-17(22)14-6-1-2-7-15(14)20/h1-7,10,20H,8-9,11H2,(H,19,21). The van der Waals surface area contributed by atoms with Gasteiger partial charge >= 0.3 is 5.97 Å². The van der Waals surface area contributed by atoms with E-state index in [9.17, 15) is 14.7 Å². The number of hydrogen-bond acceptors (Lipinski definition) is 4. The predicted octanol–water partition coefficient (Wildman–Crippen LogP) is 2.56. The van der Waals surface area contributed by atoms with Crippen molar-refractivity contribution in [1.82, 2.24) is 5.32 Å². The van der Waals surface area contributed by atoms with Crippen molar-refractivity contribution in [2.24, 2.45) is 0 Å². The molecule has 5 nitrogen and oxygen atoms in total. The number of aromatic hydroxyl groups is 1. The van der Waals surface area contributed by atoms with E-state index < -0.39 is 18.5 Å². The lowest BCUT2D eigenvalue weighted by molar-refractivity contribution is -0.124. The molecular weight excluding hydrogens is 318 g/mol. The number of esters is 1. The summed E-state index contributed by atoms with van der Waals surface area (Å²) in [5.74, 6) is -1.33. The van der Waals surface area contributed by atoms with Crippen LogP contribution < -0.4 is 5.32 Å². The van der Waals surface area contributed by atoms with Gasteiger partial charge in [-0.1, -0.05) is 35.9 Å². The van der Waals surface area contributed by atoms with Crippen molar-refractivity contribution in [1.29, 1.82) is 0 Å². The highest BCUT2D eigenvalue weighted by Crippen LogP contribution is 2.16. The minimum absolute atomic E-state index is 0.0271. The molecule has 0 saturated carbocycles. The third-order valence-electron chi connectivity index (χ3n) is 3.08. The Morgan fingerprint density at radius 1 is 1.13 bits per heavy atom. The van der Waals surface area contributed by atoms with Gasteiger partial charge in [-0.05, 0) is 36.2 Å². The molecule has 2 rings (SSSR count). The average Bonchev–Trinajstić information content (AvgIpc) is 2.53. The van der Waals surface area contributed by atoms with E-state index in [-0.39, 0.29) is 11.3 Å². The molecule has 23 heavy (non-hydrogen) atoms. The van der Waals surface area contributed by atoms with Crippen LogP contribution in [0.25, 0.3) is 0 Å². The maximum absolute atomic E-state index is 11.7. The molecule has 0 aliphatic rings. The number of phenols is 1. The lowest BCUT2D eigenvalue weighted by atomic mass is 10.1. The first-order valence-electron chi connectivity index (χ1n) is 7.02. The summed E-state index contributed by atoms with van der Waals surface area (Å²) in [6, 6.07) is 13.4. The van der Waals surface area contributed by atoms with E-state index >= 15 is 0 Å². The molecule has 2 aromatic carbocycles. The second-order valence-corrected chi connectivity index (χ2v) is 5.26. The Balaban J connectivity index is 1.73. The first kappa shape index (κ1) is 16.8. The Bertz CT molecular complexity index is 702. The van der Waals surface area contributed by atoms with Crippen molar-refractivity contribution in [2.75, 3.05) is 13.2 Å². The zero-order chi connectivity index (χ0) is 16.7. The summed E-state index contributed by atoms with van der Waals surface area (Å²) in [6.45, 7) is 0.00995. The fourth-order valence-corrected chi connectivity index (χ4v) is 2.16. The van der Waals surface area contributed by atoms with Gasteiger partial charge in [-0.15, -0.1) is 0 Å². The Kier molecular flexibility index (Phi) is 6.00. The second kappa shape index (κ2) is 8.19. The summed E-state index contributed by atoms with van der Waals surface area (Å²) in [6.07, 6.45) is 0.625. The fourth-order valence-electron chi connectivity index (χ4n) is 1.94. The Morgan fingerprint density at radius 2 is 1.91 bits per heavy atom. The van der Waals surface area contributed by atoms with E-state index in [0.29, 0.717) is 18.0 Å². The summed E-state index contributed by atoms with van der Waals surface area (Å²) in [4.78, 5) is 23.4. The molecule has 0 aliphatic carbocycles. The van der Waals surface area contributed by atoms with Crippen LogP contribution in [0, 0.1) is 0 Å². The third-order valence-corrected chi connectivity index (χ3v) is 3.32. The van der Waals surface area contributed by atoms with Crippen LogP contribution in [-0.2, 0) is 16.0 Å². The fraction of sp³-hybridized carbons (Fsp3) is 0.176. The highest BCUT2D eigenvalue weighted by atomic mass is 35.5. The molecule has 0 spiro atoms. The quantitative estimate of drug-likeness (QED) is 0.797.